The molecule has 0 bridgehead atoms. The summed E-state index contributed by atoms with van der Waals surface area (Å²) in [4.78, 5) is 38.8. The zero-order valence-electron chi connectivity index (χ0n) is 19.7. The van der Waals surface area contributed by atoms with Crippen LogP contribution in [0.3, 0.4) is 0 Å². The minimum absolute atomic E-state index is 0.0334. The van der Waals surface area contributed by atoms with Gasteiger partial charge in [-0.15, -0.1) is 0 Å². The molecule has 2 amide bonds. The Bertz CT molecular complexity index is 1630. The van der Waals surface area contributed by atoms with E-state index in [0.29, 0.717) is 22.7 Å². The van der Waals surface area contributed by atoms with Crippen molar-refractivity contribution in [2.45, 2.75) is 31.8 Å². The summed E-state index contributed by atoms with van der Waals surface area (Å²) in [7, 11) is 0. The number of hydrogen-bond acceptors (Lipinski definition) is 8. The molecule has 2 aromatic heterocycles. The van der Waals surface area contributed by atoms with Crippen molar-refractivity contribution in [2.75, 3.05) is 16.4 Å². The molecule has 5 rings (SSSR count). The second-order valence-electron chi connectivity index (χ2n) is 8.63. The predicted molar refractivity (Wildman–Crippen MR) is 141 cm³/mol. The number of urea groups is 1. The third-order valence-electron chi connectivity index (χ3n) is 5.88. The highest BCUT2D eigenvalue weighted by molar-refractivity contribution is 6.35. The van der Waals surface area contributed by atoms with Crippen molar-refractivity contribution < 1.29 is 4.79 Å². The molecular weight excluding hydrogens is 494 g/mol. The predicted octanol–water partition coefficient (Wildman–Crippen LogP) is 3.74. The normalized spacial score (nSPS) is 13.5. The van der Waals surface area contributed by atoms with E-state index in [0.717, 1.165) is 12.8 Å². The van der Waals surface area contributed by atoms with Gasteiger partial charge in [0.25, 0.3) is 5.56 Å². The number of amides is 2. The van der Waals surface area contributed by atoms with Crippen molar-refractivity contribution in [1.29, 1.82) is 5.26 Å². The Morgan fingerprint density at radius 2 is 2.03 bits per heavy atom. The molecule has 4 aromatic rings. The van der Waals surface area contributed by atoms with Gasteiger partial charge in [0.1, 0.15) is 35.4 Å². The molecule has 186 valence electrons. The van der Waals surface area contributed by atoms with E-state index in [-0.39, 0.29) is 45.2 Å². The first-order chi connectivity index (χ1) is 17.9. The smallest absolute Gasteiger partial charge is 0.319 e. The van der Waals surface area contributed by atoms with Gasteiger partial charge < -0.3 is 21.7 Å². The van der Waals surface area contributed by atoms with Gasteiger partial charge in [-0.25, -0.2) is 19.7 Å². The van der Waals surface area contributed by atoms with Crippen LogP contribution in [0.4, 0.5) is 22.1 Å². The minimum Gasteiger partial charge on any atom is -0.382 e. The van der Waals surface area contributed by atoms with Crippen molar-refractivity contribution in [2.24, 2.45) is 0 Å². The first-order valence-electron chi connectivity index (χ1n) is 11.5. The Labute approximate surface area is 216 Å². The number of fused-ring (bicyclic) bond motifs is 1. The second-order valence-corrected chi connectivity index (χ2v) is 9.04. The monoisotopic (exact) mass is 515 g/mol. The van der Waals surface area contributed by atoms with Gasteiger partial charge in [-0.3, -0.25) is 9.36 Å². The van der Waals surface area contributed by atoms with Crippen LogP contribution >= 0.6 is 11.6 Å². The van der Waals surface area contributed by atoms with Crippen molar-refractivity contribution in [3.63, 3.8) is 0 Å². The fourth-order valence-electron chi connectivity index (χ4n) is 3.94. The van der Waals surface area contributed by atoms with Gasteiger partial charge >= 0.3 is 6.03 Å². The zero-order chi connectivity index (χ0) is 26.1. The van der Waals surface area contributed by atoms with Gasteiger partial charge in [0.15, 0.2) is 0 Å². The highest BCUT2D eigenvalue weighted by Gasteiger charge is 2.24. The number of hydrogen-bond donors (Lipinski definition) is 4. The molecule has 37 heavy (non-hydrogen) atoms. The molecule has 0 radical (unpaired) electrons. The van der Waals surface area contributed by atoms with E-state index in [1.807, 2.05) is 6.07 Å². The Morgan fingerprint density at radius 1 is 1.24 bits per heavy atom. The Morgan fingerprint density at radius 3 is 2.78 bits per heavy atom. The lowest BCUT2D eigenvalue weighted by atomic mass is 10.2. The number of nitrogens with zero attached hydrogens (tertiary/aromatic N) is 5. The summed E-state index contributed by atoms with van der Waals surface area (Å²) >= 11 is 6.39. The molecule has 5 N–H and O–H groups in total. The lowest BCUT2D eigenvalue weighted by Crippen LogP contribution is -2.30. The zero-order valence-corrected chi connectivity index (χ0v) is 20.5. The maximum atomic E-state index is 13.8. The van der Waals surface area contributed by atoms with Crippen molar-refractivity contribution >= 4 is 45.9 Å². The SMILES string of the molecule is CC(Nc1ncnc(N)c1C#N)c1nc2cccc(Cl)c2c(=O)n1-c1cccc(NC(=O)NC2CC2)c1. The number of benzene rings is 2. The van der Waals surface area contributed by atoms with E-state index in [1.54, 1.807) is 49.4 Å². The summed E-state index contributed by atoms with van der Waals surface area (Å²) < 4.78 is 1.42. The third kappa shape index (κ3) is 4.87. The number of nitrogens with one attached hydrogen (secondary N) is 3. The Kier molecular flexibility index (Phi) is 6.33. The first kappa shape index (κ1) is 24.0. The maximum absolute atomic E-state index is 13.8. The van der Waals surface area contributed by atoms with E-state index in [1.165, 1.54) is 10.9 Å². The van der Waals surface area contributed by atoms with Crippen LogP contribution in [0.15, 0.2) is 53.6 Å². The highest BCUT2D eigenvalue weighted by Crippen LogP contribution is 2.27. The molecular formula is C25H22ClN9O2. The standard InChI is InChI=1S/C25H22ClN9O2/c1-13(31-22-17(11-27)21(28)29-12-30-22)23-34-19-7-3-6-18(26)20(19)24(36)35(23)16-5-2-4-15(10-16)33-25(37)32-14-8-9-14/h2-7,10,12-14H,8-9H2,1H3,(H2,32,33,37)(H3,28,29,30,31). The van der Waals surface area contributed by atoms with E-state index in [4.69, 9.17) is 22.3 Å². The number of nitriles is 1. The molecule has 1 unspecified atom stereocenters. The van der Waals surface area contributed by atoms with Gasteiger partial charge in [0.2, 0.25) is 0 Å². The lowest BCUT2D eigenvalue weighted by molar-refractivity contribution is 0.251. The number of nitrogens with two attached hydrogens (primary N) is 1. The van der Waals surface area contributed by atoms with Crippen molar-refractivity contribution in [3.05, 3.63) is 75.6 Å². The summed E-state index contributed by atoms with van der Waals surface area (Å²) in [6.07, 6.45) is 3.17. The number of halogens is 1. The van der Waals surface area contributed by atoms with E-state index < -0.39 is 6.04 Å². The molecule has 12 heteroatoms. The molecule has 2 aromatic carbocycles. The number of aromatic nitrogens is 4. The molecule has 1 saturated carbocycles. The molecule has 0 saturated heterocycles. The van der Waals surface area contributed by atoms with E-state index in [2.05, 4.69) is 25.9 Å². The van der Waals surface area contributed by atoms with E-state index in [9.17, 15) is 14.9 Å². The number of rotatable bonds is 6. The van der Waals surface area contributed by atoms with Crippen LogP contribution in [0.5, 0.6) is 0 Å². The summed E-state index contributed by atoms with van der Waals surface area (Å²) in [6, 6.07) is 13.2. The van der Waals surface area contributed by atoms with Gasteiger partial charge in [0, 0.05) is 11.7 Å². The van der Waals surface area contributed by atoms with Crippen LogP contribution in [-0.4, -0.2) is 31.6 Å². The molecule has 1 aliphatic rings. The molecule has 0 spiro atoms. The van der Waals surface area contributed by atoms with Crippen molar-refractivity contribution in [1.82, 2.24) is 24.8 Å². The van der Waals surface area contributed by atoms with Crippen LogP contribution in [0.2, 0.25) is 5.02 Å². The quantitative estimate of drug-likeness (QED) is 0.301. The summed E-state index contributed by atoms with van der Waals surface area (Å²) in [5, 5.41) is 18.8. The van der Waals surface area contributed by atoms with Crippen LogP contribution in [0, 0.1) is 11.3 Å². The molecule has 1 aliphatic carbocycles. The third-order valence-corrected chi connectivity index (χ3v) is 6.19. The van der Waals surface area contributed by atoms with Gasteiger partial charge in [-0.2, -0.15) is 5.26 Å². The van der Waals surface area contributed by atoms with Crippen LogP contribution in [0.1, 0.15) is 37.2 Å². The maximum Gasteiger partial charge on any atom is 0.319 e. The molecule has 1 fully saturated rings. The Hall–Kier alpha value is -4.69. The summed E-state index contributed by atoms with van der Waals surface area (Å²) in [5.41, 5.74) is 6.92. The average Bonchev–Trinajstić information content (AvgIpc) is 3.68. The number of nitrogen functional groups attached to an aromatic ring is 1. The Balaban J connectivity index is 1.61. The van der Waals surface area contributed by atoms with Gasteiger partial charge in [-0.1, -0.05) is 23.7 Å². The first-order valence-corrected chi connectivity index (χ1v) is 11.9. The second kappa shape index (κ2) is 9.75. The summed E-state index contributed by atoms with van der Waals surface area (Å²) in [5.74, 6) is 0.577. The van der Waals surface area contributed by atoms with Crippen LogP contribution in [-0.2, 0) is 0 Å². The van der Waals surface area contributed by atoms with Gasteiger partial charge in [-0.05, 0) is 50.1 Å². The van der Waals surface area contributed by atoms with Crippen molar-refractivity contribution in [3.8, 4) is 11.8 Å². The van der Waals surface area contributed by atoms with Crippen LogP contribution < -0.4 is 27.2 Å². The fraction of sp³-hybridized carbons (Fsp3) is 0.200. The summed E-state index contributed by atoms with van der Waals surface area (Å²) in [6.45, 7) is 1.78. The largest absolute Gasteiger partial charge is 0.382 e. The fourth-order valence-corrected chi connectivity index (χ4v) is 4.19. The number of anilines is 3. The average molecular weight is 516 g/mol. The molecule has 11 nitrogen and oxygen atoms in total. The topological polar surface area (TPSA) is 164 Å². The molecule has 1 atom stereocenters. The molecule has 0 aliphatic heterocycles. The number of carbonyl (C=O) groups excluding carboxylic acids is 1. The number of carbonyl (C=O) groups is 1. The van der Waals surface area contributed by atoms with Gasteiger partial charge in [0.05, 0.1) is 27.7 Å². The highest BCUT2D eigenvalue weighted by atomic mass is 35.5. The minimum atomic E-state index is -0.604. The molecule has 2 heterocycles. The van der Waals surface area contributed by atoms with E-state index >= 15 is 0 Å². The van der Waals surface area contributed by atoms with Crippen LogP contribution in [0.25, 0.3) is 16.6 Å². The lowest BCUT2D eigenvalue weighted by Gasteiger charge is -2.21.